The number of fused-ring (bicyclic) bond motifs is 1. The standard InChI is InChI=1S/C15H19N3O2S/c1-9-5-6-10-11(7-9)21-14(13(10)16)15(20)18(4)8-12(19)17(2)3/h5-7H,8,16H2,1-4H3. The number of thiophene rings is 1. The number of hydrogen-bond donors (Lipinski definition) is 1. The number of hydrogen-bond acceptors (Lipinski definition) is 4. The van der Waals surface area contributed by atoms with Gasteiger partial charge in [-0.15, -0.1) is 11.3 Å². The first-order chi connectivity index (χ1) is 9.81. The summed E-state index contributed by atoms with van der Waals surface area (Å²) in [5.41, 5.74) is 7.70. The van der Waals surface area contributed by atoms with Crippen LogP contribution in [0, 0.1) is 6.92 Å². The maximum absolute atomic E-state index is 12.5. The predicted molar refractivity (Wildman–Crippen MR) is 86.6 cm³/mol. The number of rotatable bonds is 3. The van der Waals surface area contributed by atoms with Crippen molar-refractivity contribution in [2.45, 2.75) is 6.92 Å². The van der Waals surface area contributed by atoms with E-state index < -0.39 is 0 Å². The van der Waals surface area contributed by atoms with Gasteiger partial charge in [0, 0.05) is 31.2 Å². The zero-order valence-corrected chi connectivity index (χ0v) is 13.5. The normalized spacial score (nSPS) is 10.7. The average molecular weight is 305 g/mol. The molecule has 2 amide bonds. The van der Waals surface area contributed by atoms with E-state index in [1.807, 2.05) is 25.1 Å². The fourth-order valence-electron chi connectivity index (χ4n) is 1.97. The van der Waals surface area contributed by atoms with Gasteiger partial charge in [0.2, 0.25) is 5.91 Å². The van der Waals surface area contributed by atoms with E-state index in [2.05, 4.69) is 0 Å². The largest absolute Gasteiger partial charge is 0.397 e. The Morgan fingerprint density at radius 1 is 1.24 bits per heavy atom. The highest BCUT2D eigenvalue weighted by molar-refractivity contribution is 7.21. The van der Waals surface area contributed by atoms with E-state index in [4.69, 9.17) is 5.73 Å². The lowest BCUT2D eigenvalue weighted by Crippen LogP contribution is -2.37. The molecule has 21 heavy (non-hydrogen) atoms. The fourth-order valence-corrected chi connectivity index (χ4v) is 3.19. The minimum Gasteiger partial charge on any atom is -0.397 e. The molecule has 1 heterocycles. The van der Waals surface area contributed by atoms with Crippen molar-refractivity contribution in [3.63, 3.8) is 0 Å². The zero-order chi connectivity index (χ0) is 15.7. The molecule has 112 valence electrons. The molecule has 2 aromatic rings. The highest BCUT2D eigenvalue weighted by Crippen LogP contribution is 2.34. The lowest BCUT2D eigenvalue weighted by Gasteiger charge is -2.18. The fraction of sp³-hybridized carbons (Fsp3) is 0.333. The van der Waals surface area contributed by atoms with Gasteiger partial charge in [-0.2, -0.15) is 0 Å². The molecule has 6 heteroatoms. The Labute approximate surface area is 127 Å². The molecule has 0 saturated carbocycles. The Bertz CT molecular complexity index is 706. The molecule has 0 bridgehead atoms. The molecule has 0 radical (unpaired) electrons. The summed E-state index contributed by atoms with van der Waals surface area (Å²) in [7, 11) is 4.94. The second kappa shape index (κ2) is 5.73. The van der Waals surface area contributed by atoms with E-state index in [1.54, 1.807) is 21.1 Å². The molecular weight excluding hydrogens is 286 g/mol. The van der Waals surface area contributed by atoms with Gasteiger partial charge in [0.1, 0.15) is 4.88 Å². The summed E-state index contributed by atoms with van der Waals surface area (Å²) >= 11 is 1.37. The Morgan fingerprint density at radius 3 is 2.52 bits per heavy atom. The van der Waals surface area contributed by atoms with Crippen LogP contribution in [0.4, 0.5) is 5.69 Å². The Hall–Kier alpha value is -2.08. The number of carbonyl (C=O) groups is 2. The summed E-state index contributed by atoms with van der Waals surface area (Å²) in [5.74, 6) is -0.345. The van der Waals surface area contributed by atoms with E-state index >= 15 is 0 Å². The van der Waals surface area contributed by atoms with E-state index in [0.29, 0.717) is 10.6 Å². The quantitative estimate of drug-likeness (QED) is 0.942. The second-order valence-corrected chi connectivity index (χ2v) is 6.35. The summed E-state index contributed by atoms with van der Waals surface area (Å²) < 4.78 is 0.989. The van der Waals surface area contributed by atoms with Gasteiger partial charge < -0.3 is 15.5 Å². The predicted octanol–water partition coefficient (Wildman–Crippen LogP) is 1.95. The van der Waals surface area contributed by atoms with Gasteiger partial charge in [0.15, 0.2) is 0 Å². The van der Waals surface area contributed by atoms with Crippen molar-refractivity contribution in [2.24, 2.45) is 0 Å². The van der Waals surface area contributed by atoms with Crippen LogP contribution >= 0.6 is 11.3 Å². The number of benzene rings is 1. The Kier molecular flexibility index (Phi) is 4.18. The molecule has 2 N–H and O–H groups in total. The number of anilines is 1. The number of nitrogens with two attached hydrogens (primary N) is 1. The van der Waals surface area contributed by atoms with Crippen LogP contribution in [0.1, 0.15) is 15.2 Å². The first kappa shape index (κ1) is 15.3. The number of aryl methyl sites for hydroxylation is 1. The molecule has 0 aliphatic rings. The molecule has 1 aromatic carbocycles. The zero-order valence-electron chi connectivity index (χ0n) is 12.6. The lowest BCUT2D eigenvalue weighted by molar-refractivity contribution is -0.129. The van der Waals surface area contributed by atoms with E-state index in [0.717, 1.165) is 15.6 Å². The molecule has 0 aliphatic carbocycles. The van der Waals surface area contributed by atoms with Gasteiger partial charge >= 0.3 is 0 Å². The van der Waals surface area contributed by atoms with Gasteiger partial charge in [-0.25, -0.2) is 0 Å². The highest BCUT2D eigenvalue weighted by Gasteiger charge is 2.21. The van der Waals surface area contributed by atoms with E-state index in [9.17, 15) is 9.59 Å². The number of amides is 2. The summed E-state index contributed by atoms with van der Waals surface area (Å²) in [5, 5.41) is 0.890. The summed E-state index contributed by atoms with van der Waals surface area (Å²) in [6.45, 7) is 2.04. The monoisotopic (exact) mass is 305 g/mol. The van der Waals surface area contributed by atoms with E-state index in [1.165, 1.54) is 21.1 Å². The second-order valence-electron chi connectivity index (χ2n) is 5.29. The number of carbonyl (C=O) groups excluding carboxylic acids is 2. The van der Waals surface area contributed by atoms with Crippen LogP contribution in [-0.4, -0.2) is 49.3 Å². The van der Waals surface area contributed by atoms with Crippen LogP contribution < -0.4 is 5.73 Å². The third-order valence-corrected chi connectivity index (χ3v) is 4.45. The van der Waals surface area contributed by atoms with Crippen LogP contribution in [-0.2, 0) is 4.79 Å². The minimum atomic E-state index is -0.221. The Balaban J connectivity index is 2.31. The maximum atomic E-state index is 12.5. The molecule has 2 rings (SSSR count). The van der Waals surface area contributed by atoms with Crippen LogP contribution in [0.2, 0.25) is 0 Å². The van der Waals surface area contributed by atoms with Crippen molar-refractivity contribution >= 4 is 38.9 Å². The lowest BCUT2D eigenvalue weighted by atomic mass is 10.1. The van der Waals surface area contributed by atoms with Crippen LogP contribution in [0.15, 0.2) is 18.2 Å². The van der Waals surface area contributed by atoms with Crippen molar-refractivity contribution in [2.75, 3.05) is 33.4 Å². The van der Waals surface area contributed by atoms with E-state index in [-0.39, 0.29) is 18.4 Å². The molecular formula is C15H19N3O2S. The van der Waals surface area contributed by atoms with Crippen LogP contribution in [0.25, 0.3) is 10.1 Å². The maximum Gasteiger partial charge on any atom is 0.266 e. The molecule has 0 unspecified atom stereocenters. The average Bonchev–Trinajstić information content (AvgIpc) is 2.74. The van der Waals surface area contributed by atoms with Gasteiger partial charge in [-0.1, -0.05) is 12.1 Å². The van der Waals surface area contributed by atoms with Crippen LogP contribution in [0.3, 0.4) is 0 Å². The SMILES string of the molecule is Cc1ccc2c(N)c(C(=O)N(C)CC(=O)N(C)C)sc2c1. The third kappa shape index (κ3) is 3.00. The highest BCUT2D eigenvalue weighted by atomic mass is 32.1. The van der Waals surface area contributed by atoms with Gasteiger partial charge in [-0.3, -0.25) is 9.59 Å². The smallest absolute Gasteiger partial charge is 0.266 e. The molecule has 0 atom stereocenters. The Morgan fingerprint density at radius 2 is 1.90 bits per heavy atom. The molecule has 0 saturated heterocycles. The summed E-state index contributed by atoms with van der Waals surface area (Å²) in [6.07, 6.45) is 0. The van der Waals surface area contributed by atoms with Gasteiger partial charge in [-0.05, 0) is 18.6 Å². The van der Waals surface area contributed by atoms with Gasteiger partial charge in [0.05, 0.1) is 12.2 Å². The topological polar surface area (TPSA) is 66.6 Å². The van der Waals surface area contributed by atoms with Crippen molar-refractivity contribution in [3.8, 4) is 0 Å². The van der Waals surface area contributed by atoms with Crippen molar-refractivity contribution in [1.82, 2.24) is 9.80 Å². The minimum absolute atomic E-state index is 0.0402. The van der Waals surface area contributed by atoms with Gasteiger partial charge in [0.25, 0.3) is 5.91 Å². The number of likely N-dealkylation sites (N-methyl/N-ethyl adjacent to an activating group) is 2. The number of nitrogen functional groups attached to an aromatic ring is 1. The summed E-state index contributed by atoms with van der Waals surface area (Å²) in [6, 6.07) is 5.91. The summed E-state index contributed by atoms with van der Waals surface area (Å²) in [4.78, 5) is 27.5. The molecule has 0 spiro atoms. The van der Waals surface area contributed by atoms with Crippen molar-refractivity contribution < 1.29 is 9.59 Å². The molecule has 5 nitrogen and oxygen atoms in total. The molecule has 0 fully saturated rings. The van der Waals surface area contributed by atoms with Crippen LogP contribution in [0.5, 0.6) is 0 Å². The first-order valence-corrected chi connectivity index (χ1v) is 7.37. The molecule has 0 aliphatic heterocycles. The van der Waals surface area contributed by atoms with Crippen molar-refractivity contribution in [1.29, 1.82) is 0 Å². The first-order valence-electron chi connectivity index (χ1n) is 6.55. The molecule has 1 aromatic heterocycles. The third-order valence-electron chi connectivity index (χ3n) is 3.30. The van der Waals surface area contributed by atoms with Crippen molar-refractivity contribution in [3.05, 3.63) is 28.6 Å². The number of nitrogens with zero attached hydrogens (tertiary/aromatic N) is 2.